The van der Waals surface area contributed by atoms with Gasteiger partial charge in [-0.25, -0.2) is 0 Å². The van der Waals surface area contributed by atoms with Crippen LogP contribution in [-0.4, -0.2) is 120 Å². The lowest BCUT2D eigenvalue weighted by Crippen LogP contribution is -2.64. The SMILES string of the molecule is CCC(C)C(=O)O[C@@H]1[C@@H](COC(=O)CC(C)C)O[C@@](COC(=O)C(C)C)(O[C@H]2O[C@H](CO)[C@@H](O)[C@H](O)[C@H]2OC(=O)CC(C)C)[C@H]1OC(=O)CC(C)C. The average Bonchev–Trinajstić information content (AvgIpc) is 3.31. The third-order valence-corrected chi connectivity index (χ3v) is 8.40. The van der Waals surface area contributed by atoms with Crippen LogP contribution in [0.4, 0.5) is 0 Å². The molecule has 16 nitrogen and oxygen atoms in total. The lowest BCUT2D eigenvalue weighted by atomic mass is 9.98. The first kappa shape index (κ1) is 45.3. The molecule has 2 aliphatic rings. The molecule has 10 atom stereocenters. The molecule has 52 heavy (non-hydrogen) atoms. The van der Waals surface area contributed by atoms with Crippen molar-refractivity contribution in [2.45, 2.75) is 150 Å². The summed E-state index contributed by atoms with van der Waals surface area (Å²) >= 11 is 0. The Kier molecular flexibility index (Phi) is 17.9. The second-order valence-corrected chi connectivity index (χ2v) is 15.1. The van der Waals surface area contributed by atoms with E-state index in [9.17, 15) is 39.3 Å². The van der Waals surface area contributed by atoms with Crippen LogP contribution in [0, 0.1) is 29.6 Å². The van der Waals surface area contributed by atoms with E-state index in [1.807, 2.05) is 13.8 Å². The Morgan fingerprint density at radius 2 is 1.25 bits per heavy atom. The van der Waals surface area contributed by atoms with E-state index in [0.717, 1.165) is 0 Å². The number of hydrogen-bond donors (Lipinski definition) is 3. The molecule has 0 saturated carbocycles. The van der Waals surface area contributed by atoms with E-state index in [2.05, 4.69) is 0 Å². The van der Waals surface area contributed by atoms with E-state index < -0.39 is 116 Å². The van der Waals surface area contributed by atoms with Gasteiger partial charge in [0.1, 0.15) is 37.6 Å². The van der Waals surface area contributed by atoms with Crippen molar-refractivity contribution >= 4 is 29.8 Å². The molecule has 2 heterocycles. The molecule has 0 spiro atoms. The minimum Gasteiger partial charge on any atom is -0.463 e. The zero-order valence-electron chi connectivity index (χ0n) is 32.1. The molecule has 1 unspecified atom stereocenters. The summed E-state index contributed by atoms with van der Waals surface area (Å²) in [5, 5.41) is 31.9. The van der Waals surface area contributed by atoms with E-state index >= 15 is 0 Å². The number of carbonyl (C=O) groups excluding carboxylic acids is 5. The first-order chi connectivity index (χ1) is 24.2. The van der Waals surface area contributed by atoms with Gasteiger partial charge in [-0.3, -0.25) is 24.0 Å². The average molecular weight is 749 g/mol. The highest BCUT2D eigenvalue weighted by atomic mass is 16.8. The van der Waals surface area contributed by atoms with Gasteiger partial charge in [-0.05, 0) is 24.2 Å². The number of ether oxygens (including phenoxy) is 8. The maximum Gasteiger partial charge on any atom is 0.309 e. The van der Waals surface area contributed by atoms with Gasteiger partial charge in [-0.15, -0.1) is 0 Å². The van der Waals surface area contributed by atoms with Gasteiger partial charge in [-0.1, -0.05) is 69.2 Å². The van der Waals surface area contributed by atoms with Crippen molar-refractivity contribution in [3.05, 3.63) is 0 Å². The third kappa shape index (κ3) is 12.9. The highest BCUT2D eigenvalue weighted by Crippen LogP contribution is 2.41. The molecule has 2 fully saturated rings. The van der Waals surface area contributed by atoms with Crippen molar-refractivity contribution in [3.63, 3.8) is 0 Å². The number of rotatable bonds is 19. The summed E-state index contributed by atoms with van der Waals surface area (Å²) in [6.45, 7) is 15.0. The quantitative estimate of drug-likeness (QED) is 0.127. The fraction of sp³-hybridized carbons (Fsp3) is 0.861. The molecule has 16 heteroatoms. The molecule has 0 aromatic rings. The second-order valence-electron chi connectivity index (χ2n) is 15.1. The zero-order chi connectivity index (χ0) is 39.5. The molecule has 0 aromatic heterocycles. The van der Waals surface area contributed by atoms with E-state index in [1.165, 1.54) is 0 Å². The summed E-state index contributed by atoms with van der Waals surface area (Å²) in [6.07, 6.45) is -13.1. The Morgan fingerprint density at radius 3 is 1.77 bits per heavy atom. The lowest BCUT2D eigenvalue weighted by Gasteiger charge is -2.45. The lowest BCUT2D eigenvalue weighted by molar-refractivity contribution is -0.384. The van der Waals surface area contributed by atoms with Crippen molar-refractivity contribution in [1.82, 2.24) is 0 Å². The summed E-state index contributed by atoms with van der Waals surface area (Å²) in [5.74, 6) is -7.71. The number of aliphatic hydroxyl groups excluding tert-OH is 3. The van der Waals surface area contributed by atoms with E-state index in [4.69, 9.17) is 37.9 Å². The maximum atomic E-state index is 13.4. The normalized spacial score (nSPS) is 29.6. The predicted molar refractivity (Wildman–Crippen MR) is 181 cm³/mol. The van der Waals surface area contributed by atoms with E-state index in [0.29, 0.717) is 6.42 Å². The molecule has 3 N–H and O–H groups in total. The summed E-state index contributed by atoms with van der Waals surface area (Å²) in [5.41, 5.74) is 0. The minimum atomic E-state index is -2.43. The van der Waals surface area contributed by atoms with Gasteiger partial charge in [0.15, 0.2) is 18.3 Å². The van der Waals surface area contributed by atoms with Crippen molar-refractivity contribution in [2.24, 2.45) is 29.6 Å². The number of hydrogen-bond acceptors (Lipinski definition) is 16. The molecular formula is C36H60O16. The van der Waals surface area contributed by atoms with Crippen molar-refractivity contribution in [3.8, 4) is 0 Å². The van der Waals surface area contributed by atoms with Crippen molar-refractivity contribution in [1.29, 1.82) is 0 Å². The minimum absolute atomic E-state index is 0.0482. The van der Waals surface area contributed by atoms with Crippen LogP contribution in [0.5, 0.6) is 0 Å². The Morgan fingerprint density at radius 1 is 0.692 bits per heavy atom. The van der Waals surface area contributed by atoms with Crippen molar-refractivity contribution in [2.75, 3.05) is 19.8 Å². The van der Waals surface area contributed by atoms with Gasteiger partial charge >= 0.3 is 29.8 Å². The summed E-state index contributed by atoms with van der Waals surface area (Å²) < 4.78 is 47.1. The Bertz CT molecular complexity index is 1190. The Balaban J connectivity index is 2.79. The Labute approximate surface area is 306 Å². The number of carbonyl (C=O) groups is 5. The van der Waals surface area contributed by atoms with Crippen LogP contribution in [-0.2, 0) is 61.9 Å². The highest BCUT2D eigenvalue weighted by molar-refractivity contribution is 5.73. The van der Waals surface area contributed by atoms with Gasteiger partial charge in [0, 0.05) is 19.3 Å². The summed E-state index contributed by atoms with van der Waals surface area (Å²) in [7, 11) is 0. The molecule has 2 saturated heterocycles. The molecule has 0 aromatic carbocycles. The zero-order valence-corrected chi connectivity index (χ0v) is 32.1. The molecule has 0 radical (unpaired) electrons. The molecule has 0 aliphatic carbocycles. The molecule has 300 valence electrons. The molecule has 2 rings (SSSR count). The van der Waals surface area contributed by atoms with Crippen LogP contribution in [0.3, 0.4) is 0 Å². The summed E-state index contributed by atoms with van der Waals surface area (Å²) in [6, 6.07) is 0. The smallest absolute Gasteiger partial charge is 0.309 e. The molecule has 2 aliphatic heterocycles. The fourth-order valence-corrected chi connectivity index (χ4v) is 5.36. The maximum absolute atomic E-state index is 13.4. The topological polar surface area (TPSA) is 220 Å². The van der Waals surface area contributed by atoms with Crippen LogP contribution in [0.2, 0.25) is 0 Å². The van der Waals surface area contributed by atoms with E-state index in [-0.39, 0.29) is 37.0 Å². The molecule has 0 bridgehead atoms. The molecule has 0 amide bonds. The van der Waals surface area contributed by atoms with Crippen LogP contribution in [0.25, 0.3) is 0 Å². The summed E-state index contributed by atoms with van der Waals surface area (Å²) in [4.78, 5) is 65.2. The van der Waals surface area contributed by atoms with Crippen LogP contribution in [0.1, 0.15) is 94.9 Å². The molecular weight excluding hydrogens is 688 g/mol. The second kappa shape index (κ2) is 20.5. The Hall–Kier alpha value is -2.89. The third-order valence-electron chi connectivity index (χ3n) is 8.40. The monoisotopic (exact) mass is 748 g/mol. The van der Waals surface area contributed by atoms with Crippen LogP contribution >= 0.6 is 0 Å². The van der Waals surface area contributed by atoms with Gasteiger partial charge in [0.25, 0.3) is 0 Å². The number of esters is 5. The van der Waals surface area contributed by atoms with Gasteiger partial charge < -0.3 is 53.2 Å². The van der Waals surface area contributed by atoms with E-state index in [1.54, 1.807) is 55.4 Å². The van der Waals surface area contributed by atoms with Crippen LogP contribution in [0.15, 0.2) is 0 Å². The fourth-order valence-electron chi connectivity index (χ4n) is 5.36. The van der Waals surface area contributed by atoms with Crippen molar-refractivity contribution < 1.29 is 77.2 Å². The predicted octanol–water partition coefficient (Wildman–Crippen LogP) is 2.20. The first-order valence-electron chi connectivity index (χ1n) is 18.1. The highest BCUT2D eigenvalue weighted by Gasteiger charge is 2.64. The van der Waals surface area contributed by atoms with Crippen LogP contribution < -0.4 is 0 Å². The van der Waals surface area contributed by atoms with Gasteiger partial charge in [0.2, 0.25) is 12.1 Å². The first-order valence-corrected chi connectivity index (χ1v) is 18.1. The number of aliphatic hydroxyl groups is 3. The van der Waals surface area contributed by atoms with Gasteiger partial charge in [0.05, 0.1) is 18.4 Å². The standard InChI is InChI=1S/C36H60O16/c1-11-22(10)34(44)50-30-24(16-45-25(38)12-18(2)3)51-36(17-46-33(43)21(8)9,32(30)49-27(40)14-20(6)7)52-35-31(48-26(39)13-19(4)5)29(42)28(41)23(15-37)47-35/h18-24,28-32,35,37,41-42H,11-17H2,1-10H3/t22?,23-,24-,28-,29+,30-,31-,32+,35-,36+/m1/s1. The largest absolute Gasteiger partial charge is 0.463 e. The van der Waals surface area contributed by atoms with Gasteiger partial charge in [-0.2, -0.15) is 0 Å².